The summed E-state index contributed by atoms with van der Waals surface area (Å²) < 4.78 is 12.1. The van der Waals surface area contributed by atoms with Gasteiger partial charge in [0.05, 0.1) is 24.3 Å². The first kappa shape index (κ1) is 31.7. The molecule has 0 radical (unpaired) electrons. The standard InChI is InChI=1S/C34H51N5O4/c1-5-38(6-2)21-24-7-9-27(10-8-24)37-20-30(40)42-11-12-43-34-16-23(3)13-25(18-34)17-33(4,22-34)31(36)32(41)39-28(19-35)14-26-15-29(26)39/h7-10,23,25-26,28-29,31,37H,5-6,11-18,20-22,36H2,1-4H3/t23-,25?,26-,28+,29+,31-,33?,34?/m1/s1. The Kier molecular flexibility index (Phi) is 9.70. The second-order valence-electron chi connectivity index (χ2n) is 14.1. The van der Waals surface area contributed by atoms with Crippen molar-refractivity contribution in [1.82, 2.24) is 9.80 Å². The number of piperidine rings is 1. The molecule has 3 N–H and O–H groups in total. The molecule has 1 heterocycles. The third-order valence-electron chi connectivity index (χ3n) is 10.6. The maximum Gasteiger partial charge on any atom is 0.325 e. The van der Waals surface area contributed by atoms with Crippen LogP contribution in [0.4, 0.5) is 5.69 Å². The zero-order valence-corrected chi connectivity index (χ0v) is 26.5. The van der Waals surface area contributed by atoms with Crippen LogP contribution in [0.3, 0.4) is 0 Å². The SMILES string of the molecule is CCN(CC)Cc1ccc(NCC(=O)OCCOC23CC(C[C@@H](C)C2)CC(C)([C@H](N)C(=O)N2[C@H](C#N)C[C@@H]4C[C@@H]42)C3)cc1. The second-order valence-corrected chi connectivity index (χ2v) is 14.1. The topological polar surface area (TPSA) is 121 Å². The number of hydrogen-bond donors (Lipinski definition) is 2. The molecule has 1 saturated heterocycles. The highest BCUT2D eigenvalue weighted by Crippen LogP contribution is 2.56. The van der Waals surface area contributed by atoms with Crippen molar-refractivity contribution in [3.63, 3.8) is 0 Å². The Bertz CT molecular complexity index is 1180. The molecule has 236 valence electrons. The van der Waals surface area contributed by atoms with Gasteiger partial charge in [0.1, 0.15) is 19.2 Å². The van der Waals surface area contributed by atoms with E-state index in [-0.39, 0.29) is 42.7 Å². The lowest BCUT2D eigenvalue weighted by Crippen LogP contribution is -2.60. The summed E-state index contributed by atoms with van der Waals surface area (Å²) >= 11 is 0. The van der Waals surface area contributed by atoms with Crippen molar-refractivity contribution in [2.24, 2.45) is 28.9 Å². The molecule has 5 rings (SSSR count). The number of amides is 1. The molecule has 2 bridgehead atoms. The predicted octanol–water partition coefficient (Wildman–Crippen LogP) is 4.32. The van der Waals surface area contributed by atoms with E-state index in [2.05, 4.69) is 56.1 Å². The molecule has 4 fully saturated rings. The zero-order valence-electron chi connectivity index (χ0n) is 26.5. The smallest absolute Gasteiger partial charge is 0.325 e. The summed E-state index contributed by atoms with van der Waals surface area (Å²) in [6, 6.07) is 9.69. The lowest BCUT2D eigenvalue weighted by molar-refractivity contribution is -0.171. The van der Waals surface area contributed by atoms with Crippen molar-refractivity contribution in [3.8, 4) is 6.07 Å². The minimum absolute atomic E-state index is 0.0674. The molecular weight excluding hydrogens is 542 g/mol. The summed E-state index contributed by atoms with van der Waals surface area (Å²) in [5, 5.41) is 12.8. The number of hydrogen-bond acceptors (Lipinski definition) is 8. The first-order valence-electron chi connectivity index (χ1n) is 16.4. The molecule has 0 aromatic heterocycles. The maximum atomic E-state index is 13.7. The largest absolute Gasteiger partial charge is 0.462 e. The third kappa shape index (κ3) is 7.19. The Labute approximate surface area is 257 Å². The number of likely N-dealkylation sites (tertiary alicyclic amines) is 1. The normalized spacial score (nSPS) is 33.4. The lowest BCUT2D eigenvalue weighted by atomic mass is 9.55. The average Bonchev–Trinajstić information content (AvgIpc) is 3.65. The molecule has 1 aliphatic heterocycles. The number of ether oxygens (including phenoxy) is 2. The van der Waals surface area contributed by atoms with Crippen LogP contribution in [-0.2, 0) is 25.6 Å². The number of nitrogens with one attached hydrogen (secondary N) is 1. The van der Waals surface area contributed by atoms with Gasteiger partial charge in [0, 0.05) is 18.3 Å². The summed E-state index contributed by atoms with van der Waals surface area (Å²) in [6.07, 6.45) is 6.34. The Morgan fingerprint density at radius 1 is 1.14 bits per heavy atom. The van der Waals surface area contributed by atoms with Gasteiger partial charge < -0.3 is 25.4 Å². The van der Waals surface area contributed by atoms with Gasteiger partial charge in [-0.3, -0.25) is 14.5 Å². The minimum Gasteiger partial charge on any atom is -0.462 e. The van der Waals surface area contributed by atoms with E-state index in [9.17, 15) is 14.9 Å². The number of benzene rings is 1. The molecule has 9 heteroatoms. The molecule has 3 saturated carbocycles. The van der Waals surface area contributed by atoms with Crippen LogP contribution in [0.15, 0.2) is 24.3 Å². The molecule has 1 amide bonds. The first-order valence-corrected chi connectivity index (χ1v) is 16.4. The van der Waals surface area contributed by atoms with Gasteiger partial charge in [0.15, 0.2) is 0 Å². The quantitative estimate of drug-likeness (QED) is 0.256. The lowest BCUT2D eigenvalue weighted by Gasteiger charge is -2.55. The van der Waals surface area contributed by atoms with E-state index in [1.165, 1.54) is 5.56 Å². The van der Waals surface area contributed by atoms with E-state index >= 15 is 0 Å². The molecule has 4 aliphatic rings. The average molecular weight is 594 g/mol. The van der Waals surface area contributed by atoms with Crippen molar-refractivity contribution in [1.29, 1.82) is 5.26 Å². The summed E-state index contributed by atoms with van der Waals surface area (Å²) in [7, 11) is 0. The maximum absolute atomic E-state index is 13.7. The van der Waals surface area contributed by atoms with Crippen LogP contribution in [0.25, 0.3) is 0 Å². The predicted molar refractivity (Wildman–Crippen MR) is 166 cm³/mol. The number of nitrogens with zero attached hydrogens (tertiary/aromatic N) is 3. The van der Waals surface area contributed by atoms with Crippen LogP contribution in [0.5, 0.6) is 0 Å². The summed E-state index contributed by atoms with van der Waals surface area (Å²) in [4.78, 5) is 30.3. The molecular formula is C34H51N5O4. The second kappa shape index (κ2) is 13.1. The Morgan fingerprint density at radius 2 is 1.88 bits per heavy atom. The number of nitrogens with two attached hydrogens (primary N) is 1. The first-order chi connectivity index (χ1) is 20.6. The number of esters is 1. The number of carbonyl (C=O) groups is 2. The van der Waals surface area contributed by atoms with Gasteiger partial charge in [0.25, 0.3) is 0 Å². The number of anilines is 1. The van der Waals surface area contributed by atoms with Crippen LogP contribution in [0, 0.1) is 34.5 Å². The Balaban J connectivity index is 1.11. The Hall–Kier alpha value is -2.67. The van der Waals surface area contributed by atoms with Crippen molar-refractivity contribution < 1.29 is 19.1 Å². The van der Waals surface area contributed by atoms with Gasteiger partial charge in [-0.15, -0.1) is 0 Å². The van der Waals surface area contributed by atoms with E-state index in [0.29, 0.717) is 30.8 Å². The van der Waals surface area contributed by atoms with Crippen LogP contribution < -0.4 is 11.1 Å². The van der Waals surface area contributed by atoms with Gasteiger partial charge in [-0.25, -0.2) is 0 Å². The summed E-state index contributed by atoms with van der Waals surface area (Å²) in [5.74, 6) is 1.04. The molecule has 1 aromatic carbocycles. The highest BCUT2D eigenvalue weighted by atomic mass is 16.6. The highest BCUT2D eigenvalue weighted by Gasteiger charge is 2.58. The summed E-state index contributed by atoms with van der Waals surface area (Å²) in [6.45, 7) is 12.3. The third-order valence-corrected chi connectivity index (χ3v) is 10.6. The van der Waals surface area contributed by atoms with E-state index in [1.54, 1.807) is 4.90 Å². The van der Waals surface area contributed by atoms with Crippen molar-refractivity contribution in [3.05, 3.63) is 29.8 Å². The van der Waals surface area contributed by atoms with Crippen LogP contribution >= 0.6 is 0 Å². The monoisotopic (exact) mass is 593 g/mol. The molecule has 43 heavy (non-hydrogen) atoms. The van der Waals surface area contributed by atoms with E-state index < -0.39 is 11.5 Å². The fourth-order valence-electron chi connectivity index (χ4n) is 8.57. The molecule has 3 aliphatic carbocycles. The number of rotatable bonds is 13. The van der Waals surface area contributed by atoms with Crippen LogP contribution in [-0.4, -0.2) is 78.3 Å². The minimum atomic E-state index is -0.655. The molecule has 8 atom stereocenters. The molecule has 9 nitrogen and oxygen atoms in total. The van der Waals surface area contributed by atoms with E-state index in [1.807, 2.05) is 12.1 Å². The fraction of sp³-hybridized carbons (Fsp3) is 0.735. The van der Waals surface area contributed by atoms with Crippen molar-refractivity contribution in [2.45, 2.75) is 103 Å². The molecule has 3 unspecified atom stereocenters. The summed E-state index contributed by atoms with van der Waals surface area (Å²) in [5.41, 5.74) is 8.13. The fourth-order valence-corrected chi connectivity index (χ4v) is 8.57. The molecule has 1 aromatic rings. The Morgan fingerprint density at radius 3 is 2.58 bits per heavy atom. The van der Waals surface area contributed by atoms with Gasteiger partial charge in [0.2, 0.25) is 5.91 Å². The molecule has 0 spiro atoms. The van der Waals surface area contributed by atoms with E-state index in [4.69, 9.17) is 15.2 Å². The van der Waals surface area contributed by atoms with Crippen molar-refractivity contribution in [2.75, 3.05) is 38.2 Å². The highest BCUT2D eigenvalue weighted by molar-refractivity contribution is 5.84. The van der Waals surface area contributed by atoms with Crippen molar-refractivity contribution >= 4 is 17.6 Å². The van der Waals surface area contributed by atoms with E-state index in [0.717, 1.165) is 63.8 Å². The zero-order chi connectivity index (χ0) is 30.8. The van der Waals surface area contributed by atoms with Gasteiger partial charge >= 0.3 is 5.97 Å². The van der Waals surface area contributed by atoms with Crippen LogP contribution in [0.1, 0.15) is 78.2 Å². The van der Waals surface area contributed by atoms with Crippen LogP contribution in [0.2, 0.25) is 0 Å². The number of carbonyl (C=O) groups excluding carboxylic acids is 2. The van der Waals surface area contributed by atoms with Gasteiger partial charge in [-0.1, -0.05) is 39.8 Å². The van der Waals surface area contributed by atoms with Gasteiger partial charge in [-0.2, -0.15) is 5.26 Å². The van der Waals surface area contributed by atoms with Gasteiger partial charge in [-0.05, 0) is 98.9 Å². The number of nitriles is 1. The number of fused-ring (bicyclic) bond motifs is 3.